The van der Waals surface area contributed by atoms with Crippen molar-refractivity contribution in [2.45, 2.75) is 17.1 Å². The quantitative estimate of drug-likeness (QED) is 0.762. The van der Waals surface area contributed by atoms with Crippen molar-refractivity contribution < 1.29 is 17.9 Å². The molecule has 1 aromatic rings. The summed E-state index contributed by atoms with van der Waals surface area (Å²) in [5, 5.41) is 1.09. The normalized spacial score (nSPS) is 12.8. The third-order valence-corrected chi connectivity index (χ3v) is 4.72. The van der Waals surface area contributed by atoms with Crippen molar-refractivity contribution in [3.05, 3.63) is 18.2 Å². The first kappa shape index (κ1) is 14.3. The summed E-state index contributed by atoms with van der Waals surface area (Å²) in [6.07, 6.45) is 0. The Morgan fingerprint density at radius 2 is 2.06 bits per heavy atom. The molecule has 0 aliphatic carbocycles. The molecule has 1 aromatic carbocycles. The zero-order valence-electron chi connectivity index (χ0n) is 10.4. The van der Waals surface area contributed by atoms with E-state index in [0.29, 0.717) is 5.75 Å². The van der Waals surface area contributed by atoms with E-state index in [4.69, 9.17) is 10.5 Å². The van der Waals surface area contributed by atoms with E-state index in [1.54, 1.807) is 6.07 Å². The van der Waals surface area contributed by atoms with Crippen LogP contribution in [0, 0.1) is 0 Å². The van der Waals surface area contributed by atoms with Crippen LogP contribution in [0.2, 0.25) is 0 Å². The number of carbonyl (C=O) groups excluding carboxylic acids is 1. The Bertz CT molecular complexity index is 554. The maximum atomic E-state index is 12.2. The lowest BCUT2D eigenvalue weighted by atomic mass is 10.3. The lowest BCUT2D eigenvalue weighted by Gasteiger charge is -2.14. The van der Waals surface area contributed by atoms with Crippen LogP contribution >= 0.6 is 0 Å². The molecule has 0 radical (unpaired) electrons. The highest BCUT2D eigenvalue weighted by Crippen LogP contribution is 2.27. The minimum Gasteiger partial charge on any atom is -0.497 e. The number of ether oxygens (including phenoxy) is 1. The van der Waals surface area contributed by atoms with E-state index in [9.17, 15) is 13.2 Å². The topological polar surface area (TPSA) is 98.5 Å². The van der Waals surface area contributed by atoms with Crippen LogP contribution < -0.4 is 15.8 Å². The Kier molecular flexibility index (Phi) is 4.18. The predicted molar refractivity (Wildman–Crippen MR) is 68.1 cm³/mol. The molecular weight excluding hydrogens is 256 g/mol. The molecule has 18 heavy (non-hydrogen) atoms. The minimum absolute atomic E-state index is 0.0894. The largest absolute Gasteiger partial charge is 0.497 e. The van der Waals surface area contributed by atoms with Crippen molar-refractivity contribution in [1.29, 1.82) is 0 Å². The lowest BCUT2D eigenvalue weighted by molar-refractivity contribution is -0.119. The van der Waals surface area contributed by atoms with E-state index in [0.717, 1.165) is 0 Å². The number of nitrogen functional groups attached to an aromatic ring is 1. The van der Waals surface area contributed by atoms with Gasteiger partial charge in [-0.3, -0.25) is 4.79 Å². The molecule has 3 N–H and O–H groups in total. The standard InChI is InChI=1S/C11H16N2O4S/c1-7(11(14)13-2)18(15,16)10-6-8(17-3)4-5-9(10)12/h4-7H,12H2,1-3H3,(H,13,14). The fraction of sp³-hybridized carbons (Fsp3) is 0.364. The fourth-order valence-electron chi connectivity index (χ4n) is 1.42. The van der Waals surface area contributed by atoms with Gasteiger partial charge in [-0.1, -0.05) is 0 Å². The number of nitrogens with one attached hydrogen (secondary N) is 1. The molecule has 1 unspecified atom stereocenters. The number of carbonyl (C=O) groups is 1. The van der Waals surface area contributed by atoms with Gasteiger partial charge in [0.2, 0.25) is 5.91 Å². The molecule has 1 rings (SSSR count). The van der Waals surface area contributed by atoms with Crippen LogP contribution in [0.5, 0.6) is 5.75 Å². The first-order chi connectivity index (χ1) is 8.34. The van der Waals surface area contributed by atoms with E-state index >= 15 is 0 Å². The van der Waals surface area contributed by atoms with E-state index in [1.807, 2.05) is 0 Å². The van der Waals surface area contributed by atoms with E-state index in [2.05, 4.69) is 5.32 Å². The zero-order chi connectivity index (χ0) is 13.9. The molecular formula is C11H16N2O4S. The summed E-state index contributed by atoms with van der Waals surface area (Å²) in [7, 11) is -1.03. The SMILES string of the molecule is CNC(=O)C(C)S(=O)(=O)c1cc(OC)ccc1N. The molecule has 0 aliphatic rings. The number of hydrogen-bond acceptors (Lipinski definition) is 5. The van der Waals surface area contributed by atoms with Gasteiger partial charge >= 0.3 is 0 Å². The Balaban J connectivity index is 3.32. The van der Waals surface area contributed by atoms with Crippen LogP contribution in [0.15, 0.2) is 23.1 Å². The van der Waals surface area contributed by atoms with Crippen molar-refractivity contribution in [2.75, 3.05) is 19.9 Å². The van der Waals surface area contributed by atoms with Crippen LogP contribution in [-0.2, 0) is 14.6 Å². The molecule has 0 saturated carbocycles. The summed E-state index contributed by atoms with van der Waals surface area (Å²) in [4.78, 5) is 11.3. The van der Waals surface area contributed by atoms with Crippen molar-refractivity contribution in [1.82, 2.24) is 5.32 Å². The second-order valence-electron chi connectivity index (χ2n) is 3.71. The summed E-state index contributed by atoms with van der Waals surface area (Å²) in [5.74, 6) is -0.218. The monoisotopic (exact) mass is 272 g/mol. The predicted octanol–water partition coefficient (Wildman–Crippen LogP) is 0.186. The van der Waals surface area contributed by atoms with Gasteiger partial charge in [-0.05, 0) is 19.1 Å². The molecule has 100 valence electrons. The lowest BCUT2D eigenvalue weighted by Crippen LogP contribution is -2.36. The molecule has 0 heterocycles. The summed E-state index contributed by atoms with van der Waals surface area (Å²) in [6.45, 7) is 1.31. The molecule has 0 saturated heterocycles. The summed E-state index contributed by atoms with van der Waals surface area (Å²) >= 11 is 0. The Morgan fingerprint density at radius 1 is 1.44 bits per heavy atom. The first-order valence-corrected chi connectivity index (χ1v) is 6.78. The van der Waals surface area contributed by atoms with Crippen molar-refractivity contribution in [3.63, 3.8) is 0 Å². The number of anilines is 1. The number of benzene rings is 1. The number of hydrogen-bond donors (Lipinski definition) is 2. The van der Waals surface area contributed by atoms with E-state index in [-0.39, 0.29) is 10.6 Å². The van der Waals surface area contributed by atoms with E-state index in [1.165, 1.54) is 33.2 Å². The number of methoxy groups -OCH3 is 1. The van der Waals surface area contributed by atoms with E-state index < -0.39 is 21.0 Å². The molecule has 6 nitrogen and oxygen atoms in total. The smallest absolute Gasteiger partial charge is 0.238 e. The highest BCUT2D eigenvalue weighted by Gasteiger charge is 2.31. The third-order valence-electron chi connectivity index (χ3n) is 2.61. The van der Waals surface area contributed by atoms with Crippen LogP contribution in [0.4, 0.5) is 5.69 Å². The first-order valence-electron chi connectivity index (χ1n) is 5.23. The highest BCUT2D eigenvalue weighted by molar-refractivity contribution is 7.93. The van der Waals surface area contributed by atoms with Crippen LogP contribution in [-0.4, -0.2) is 33.7 Å². The van der Waals surface area contributed by atoms with Gasteiger partial charge in [0, 0.05) is 13.1 Å². The molecule has 0 fully saturated rings. The maximum Gasteiger partial charge on any atom is 0.238 e. The maximum absolute atomic E-state index is 12.2. The van der Waals surface area contributed by atoms with Gasteiger partial charge in [0.25, 0.3) is 0 Å². The number of sulfone groups is 1. The van der Waals surface area contributed by atoms with Gasteiger partial charge in [0.05, 0.1) is 17.7 Å². The summed E-state index contributed by atoms with van der Waals surface area (Å²) in [6, 6.07) is 4.30. The Labute approximate surface area is 106 Å². The molecule has 7 heteroatoms. The molecule has 1 atom stereocenters. The van der Waals surface area contributed by atoms with Crippen molar-refractivity contribution in [2.24, 2.45) is 0 Å². The number of rotatable bonds is 4. The number of amides is 1. The molecule has 0 aliphatic heterocycles. The minimum atomic E-state index is -3.83. The Hall–Kier alpha value is -1.76. The van der Waals surface area contributed by atoms with Crippen LogP contribution in [0.3, 0.4) is 0 Å². The molecule has 0 bridgehead atoms. The van der Waals surface area contributed by atoms with Gasteiger partial charge in [-0.2, -0.15) is 0 Å². The second kappa shape index (κ2) is 5.26. The van der Waals surface area contributed by atoms with Gasteiger partial charge in [0.1, 0.15) is 11.0 Å². The average Bonchev–Trinajstić information content (AvgIpc) is 2.37. The van der Waals surface area contributed by atoms with Crippen LogP contribution in [0.1, 0.15) is 6.92 Å². The average molecular weight is 272 g/mol. The highest BCUT2D eigenvalue weighted by atomic mass is 32.2. The van der Waals surface area contributed by atoms with Gasteiger partial charge in [-0.15, -0.1) is 0 Å². The fourth-order valence-corrected chi connectivity index (χ4v) is 2.88. The molecule has 0 aromatic heterocycles. The van der Waals surface area contributed by atoms with Gasteiger partial charge in [0.15, 0.2) is 9.84 Å². The summed E-state index contributed by atoms with van der Waals surface area (Å²) < 4.78 is 29.4. The zero-order valence-corrected chi connectivity index (χ0v) is 11.2. The second-order valence-corrected chi connectivity index (χ2v) is 5.94. The molecule has 0 spiro atoms. The van der Waals surface area contributed by atoms with Gasteiger partial charge in [-0.25, -0.2) is 8.42 Å². The van der Waals surface area contributed by atoms with Crippen molar-refractivity contribution in [3.8, 4) is 5.75 Å². The van der Waals surface area contributed by atoms with Crippen LogP contribution in [0.25, 0.3) is 0 Å². The van der Waals surface area contributed by atoms with Crippen molar-refractivity contribution >= 4 is 21.4 Å². The Morgan fingerprint density at radius 3 is 2.56 bits per heavy atom. The van der Waals surface area contributed by atoms with Gasteiger partial charge < -0.3 is 15.8 Å². The third kappa shape index (κ3) is 2.56. The summed E-state index contributed by atoms with van der Waals surface area (Å²) in [5.41, 5.74) is 5.73. The number of nitrogens with two attached hydrogens (primary N) is 1. The molecule has 1 amide bonds.